The average molecular weight is 420 g/mol. The van der Waals surface area contributed by atoms with E-state index in [2.05, 4.69) is 20.3 Å². The number of aromatic nitrogens is 3. The Kier molecular flexibility index (Phi) is 5.59. The first kappa shape index (κ1) is 21.1. The highest BCUT2D eigenvalue weighted by atomic mass is 32.2. The molecule has 2 aromatic rings. The van der Waals surface area contributed by atoms with E-state index in [1.807, 2.05) is 31.7 Å². The number of H-pyrrole nitrogens is 1. The van der Waals surface area contributed by atoms with Crippen LogP contribution in [0.5, 0.6) is 0 Å². The normalized spacial score (nSPS) is 15.0. The topological polar surface area (TPSA) is 125 Å². The molecule has 0 aromatic carbocycles. The highest BCUT2D eigenvalue weighted by Crippen LogP contribution is 2.22. The summed E-state index contributed by atoms with van der Waals surface area (Å²) < 4.78 is 23.4. The zero-order chi connectivity index (χ0) is 21.4. The third-order valence-electron chi connectivity index (χ3n) is 4.68. The fourth-order valence-corrected chi connectivity index (χ4v) is 3.54. The summed E-state index contributed by atoms with van der Waals surface area (Å²) in [6, 6.07) is 3.68. The fourth-order valence-electron chi connectivity index (χ4n) is 2.98. The number of nitrogens with zero attached hydrogens (tertiary/aromatic N) is 3. The predicted molar refractivity (Wildman–Crippen MR) is 108 cm³/mol. The lowest BCUT2D eigenvalue weighted by Gasteiger charge is -2.28. The molecule has 29 heavy (non-hydrogen) atoms. The number of rotatable bonds is 4. The van der Waals surface area contributed by atoms with Gasteiger partial charge < -0.3 is 5.32 Å². The number of fused-ring (bicyclic) bond motifs is 1. The second-order valence-corrected chi connectivity index (χ2v) is 10.2. The molecule has 0 saturated heterocycles. The van der Waals surface area contributed by atoms with Gasteiger partial charge in [0.1, 0.15) is 5.82 Å². The fraction of sp³-hybridized carbons (Fsp3) is 0.474. The quantitative estimate of drug-likeness (QED) is 0.711. The van der Waals surface area contributed by atoms with Crippen molar-refractivity contribution in [3.63, 3.8) is 0 Å². The second kappa shape index (κ2) is 7.68. The van der Waals surface area contributed by atoms with Crippen molar-refractivity contribution in [1.82, 2.24) is 19.9 Å². The van der Waals surface area contributed by atoms with Gasteiger partial charge in [-0.05, 0) is 6.07 Å². The standard InChI is InChI=1S/C19H25N5O4S/c1-19(2,3)17(26)22-15-12(6-5-8-20-15)10-24-9-7-14-13(11-24)16(25)23-18(21-14)29(4,27)28/h5-6,8H,7,9-11H2,1-4H3,(H,20,22,26)(H,21,23,25). The van der Waals surface area contributed by atoms with E-state index in [1.165, 1.54) is 0 Å². The van der Waals surface area contributed by atoms with Crippen LogP contribution >= 0.6 is 0 Å². The molecule has 0 fully saturated rings. The minimum atomic E-state index is -3.58. The molecule has 0 unspecified atom stereocenters. The number of aromatic amines is 1. The van der Waals surface area contributed by atoms with E-state index < -0.39 is 20.8 Å². The summed E-state index contributed by atoms with van der Waals surface area (Å²) in [6.07, 6.45) is 3.10. The third kappa shape index (κ3) is 4.88. The minimum absolute atomic E-state index is 0.129. The molecule has 3 rings (SSSR count). The molecule has 1 amide bonds. The Morgan fingerprint density at radius 2 is 2.07 bits per heavy atom. The molecule has 0 radical (unpaired) electrons. The summed E-state index contributed by atoms with van der Waals surface area (Å²) in [7, 11) is -3.58. The first-order valence-electron chi connectivity index (χ1n) is 9.25. The van der Waals surface area contributed by atoms with Gasteiger partial charge in [0.25, 0.3) is 5.56 Å². The first-order chi connectivity index (χ1) is 13.4. The van der Waals surface area contributed by atoms with Crippen LogP contribution in [0.15, 0.2) is 28.3 Å². The van der Waals surface area contributed by atoms with Crippen molar-refractivity contribution < 1.29 is 13.2 Å². The van der Waals surface area contributed by atoms with Crippen molar-refractivity contribution >= 4 is 21.6 Å². The number of hydrogen-bond acceptors (Lipinski definition) is 7. The Morgan fingerprint density at radius 3 is 2.72 bits per heavy atom. The maximum atomic E-state index is 12.4. The molecular weight excluding hydrogens is 394 g/mol. The maximum absolute atomic E-state index is 12.4. The summed E-state index contributed by atoms with van der Waals surface area (Å²) in [4.78, 5) is 37.6. The Balaban J connectivity index is 1.81. The molecule has 1 aliphatic heterocycles. The number of nitrogens with one attached hydrogen (secondary N) is 2. The van der Waals surface area contributed by atoms with Gasteiger partial charge in [-0.15, -0.1) is 0 Å². The summed E-state index contributed by atoms with van der Waals surface area (Å²) in [5, 5.41) is 2.57. The van der Waals surface area contributed by atoms with E-state index in [1.54, 1.807) is 12.3 Å². The van der Waals surface area contributed by atoms with E-state index in [4.69, 9.17) is 0 Å². The molecule has 0 saturated carbocycles. The summed E-state index contributed by atoms with van der Waals surface area (Å²) in [5.41, 5.74) is 0.832. The highest BCUT2D eigenvalue weighted by Gasteiger charge is 2.25. The van der Waals surface area contributed by atoms with Gasteiger partial charge in [-0.1, -0.05) is 26.8 Å². The van der Waals surface area contributed by atoms with E-state index >= 15 is 0 Å². The van der Waals surface area contributed by atoms with Crippen molar-refractivity contribution in [1.29, 1.82) is 0 Å². The van der Waals surface area contributed by atoms with Gasteiger partial charge in [0, 0.05) is 49.5 Å². The van der Waals surface area contributed by atoms with Crippen molar-refractivity contribution in [2.24, 2.45) is 5.41 Å². The monoisotopic (exact) mass is 419 g/mol. The maximum Gasteiger partial charge on any atom is 0.256 e. The Bertz CT molecular complexity index is 1100. The molecule has 0 bridgehead atoms. The number of amides is 1. The van der Waals surface area contributed by atoms with Crippen molar-refractivity contribution in [3.8, 4) is 0 Å². The zero-order valence-corrected chi connectivity index (χ0v) is 17.8. The zero-order valence-electron chi connectivity index (χ0n) is 16.9. The molecule has 0 atom stereocenters. The lowest BCUT2D eigenvalue weighted by atomic mass is 9.95. The lowest BCUT2D eigenvalue weighted by Crippen LogP contribution is -2.36. The smallest absolute Gasteiger partial charge is 0.256 e. The van der Waals surface area contributed by atoms with E-state index in [9.17, 15) is 18.0 Å². The van der Waals surface area contributed by atoms with Crippen molar-refractivity contribution in [3.05, 3.63) is 45.5 Å². The van der Waals surface area contributed by atoms with Crippen LogP contribution in [0, 0.1) is 5.41 Å². The molecule has 9 nitrogen and oxygen atoms in total. The van der Waals surface area contributed by atoms with Crippen LogP contribution < -0.4 is 10.9 Å². The van der Waals surface area contributed by atoms with Gasteiger partial charge in [0.15, 0.2) is 0 Å². The molecular formula is C19H25N5O4S. The molecule has 156 valence electrons. The van der Waals surface area contributed by atoms with E-state index in [0.29, 0.717) is 43.1 Å². The van der Waals surface area contributed by atoms with Crippen LogP contribution in [0.25, 0.3) is 0 Å². The SMILES string of the molecule is CC(C)(C)C(=O)Nc1ncccc1CN1CCc2nc(S(C)(=O)=O)[nH]c(=O)c2C1. The van der Waals surface area contributed by atoms with Gasteiger partial charge in [-0.25, -0.2) is 18.4 Å². The van der Waals surface area contributed by atoms with Gasteiger partial charge in [0.2, 0.25) is 20.9 Å². The van der Waals surface area contributed by atoms with Crippen LogP contribution in [0.1, 0.15) is 37.6 Å². The molecule has 10 heteroatoms. The van der Waals surface area contributed by atoms with Gasteiger partial charge in [0.05, 0.1) is 11.3 Å². The summed E-state index contributed by atoms with van der Waals surface area (Å²) >= 11 is 0. The molecule has 2 N–H and O–H groups in total. The van der Waals surface area contributed by atoms with E-state index in [0.717, 1.165) is 11.8 Å². The first-order valence-corrected chi connectivity index (χ1v) is 11.1. The van der Waals surface area contributed by atoms with Gasteiger partial charge >= 0.3 is 0 Å². The molecule has 0 aliphatic carbocycles. The van der Waals surface area contributed by atoms with Crippen molar-refractivity contribution in [2.45, 2.75) is 45.4 Å². The Hall–Kier alpha value is -2.59. The predicted octanol–water partition coefficient (Wildman–Crippen LogP) is 1.11. The second-order valence-electron chi connectivity index (χ2n) is 8.24. The van der Waals surface area contributed by atoms with Crippen LogP contribution in [0.4, 0.5) is 5.82 Å². The van der Waals surface area contributed by atoms with Gasteiger partial charge in [-0.2, -0.15) is 0 Å². The summed E-state index contributed by atoms with van der Waals surface area (Å²) in [5.74, 6) is 0.369. The van der Waals surface area contributed by atoms with Crippen LogP contribution in [-0.2, 0) is 34.1 Å². The number of anilines is 1. The highest BCUT2D eigenvalue weighted by molar-refractivity contribution is 7.90. The number of sulfone groups is 1. The molecule has 3 heterocycles. The largest absolute Gasteiger partial charge is 0.310 e. The number of hydrogen-bond donors (Lipinski definition) is 2. The molecule has 0 spiro atoms. The lowest BCUT2D eigenvalue weighted by molar-refractivity contribution is -0.123. The number of pyridine rings is 1. The average Bonchev–Trinajstić information content (AvgIpc) is 2.62. The van der Waals surface area contributed by atoms with E-state index in [-0.39, 0.29) is 11.1 Å². The summed E-state index contributed by atoms with van der Waals surface area (Å²) in [6.45, 7) is 6.92. The molecule has 2 aromatic heterocycles. The number of carbonyl (C=O) groups excluding carboxylic acids is 1. The number of carbonyl (C=O) groups is 1. The minimum Gasteiger partial charge on any atom is -0.310 e. The van der Waals surface area contributed by atoms with Crippen molar-refractivity contribution in [2.75, 3.05) is 18.1 Å². The molecule has 1 aliphatic rings. The van der Waals surface area contributed by atoms with Crippen LogP contribution in [0.3, 0.4) is 0 Å². The van der Waals surface area contributed by atoms with Crippen LogP contribution in [0.2, 0.25) is 0 Å². The Morgan fingerprint density at radius 1 is 1.34 bits per heavy atom. The third-order valence-corrected chi connectivity index (χ3v) is 5.57. The van der Waals surface area contributed by atoms with Gasteiger partial charge in [-0.3, -0.25) is 19.5 Å². The van der Waals surface area contributed by atoms with Crippen LogP contribution in [-0.4, -0.2) is 47.0 Å². The Labute approximate surface area is 169 Å².